The van der Waals surface area contributed by atoms with Gasteiger partial charge in [-0.1, -0.05) is 35.9 Å². The smallest absolute Gasteiger partial charge is 0.253 e. The zero-order valence-electron chi connectivity index (χ0n) is 16.0. The molecule has 0 N–H and O–H groups in total. The maximum Gasteiger partial charge on any atom is 0.253 e. The number of hydrogen-bond donors (Lipinski definition) is 0. The molecular weight excluding hydrogens is 354 g/mol. The number of carbonyl (C=O) groups is 2. The summed E-state index contributed by atoms with van der Waals surface area (Å²) in [6.07, 6.45) is 1.01. The van der Waals surface area contributed by atoms with Crippen LogP contribution in [-0.4, -0.2) is 48.1 Å². The van der Waals surface area contributed by atoms with E-state index < -0.39 is 6.04 Å². The highest BCUT2D eigenvalue weighted by molar-refractivity contribution is 6.24. The number of fused-ring (bicyclic) bond motifs is 3. The van der Waals surface area contributed by atoms with Gasteiger partial charge >= 0.3 is 0 Å². The van der Waals surface area contributed by atoms with Crippen LogP contribution in [0.4, 0.5) is 5.69 Å². The van der Waals surface area contributed by atoms with Crippen LogP contribution in [0.15, 0.2) is 48.5 Å². The SMILES string of the molecule is COc1cccc(N2C(=O)[C@@H]3[C@H](C2=O)N2CCCN2[C@H]3c2ccc(C)cc2)c1. The van der Waals surface area contributed by atoms with Crippen LogP contribution in [0.25, 0.3) is 0 Å². The van der Waals surface area contributed by atoms with E-state index in [1.54, 1.807) is 19.2 Å². The number of rotatable bonds is 3. The van der Waals surface area contributed by atoms with Gasteiger partial charge in [0.05, 0.1) is 24.8 Å². The number of imide groups is 1. The van der Waals surface area contributed by atoms with Crippen LogP contribution in [-0.2, 0) is 9.59 Å². The molecule has 0 radical (unpaired) electrons. The summed E-state index contributed by atoms with van der Waals surface area (Å²) in [5.74, 6) is -0.0113. The van der Waals surface area contributed by atoms with Crippen molar-refractivity contribution in [2.24, 2.45) is 5.92 Å². The average molecular weight is 377 g/mol. The number of nitrogens with zero attached hydrogens (tertiary/aromatic N) is 3. The number of ether oxygens (including phenoxy) is 1. The quantitative estimate of drug-likeness (QED) is 0.770. The average Bonchev–Trinajstić information content (AvgIpc) is 3.35. The number of benzene rings is 2. The lowest BCUT2D eigenvalue weighted by Crippen LogP contribution is -2.44. The number of aryl methyl sites for hydroxylation is 1. The molecule has 3 aliphatic heterocycles. The lowest BCUT2D eigenvalue weighted by molar-refractivity contribution is -0.126. The van der Waals surface area contributed by atoms with Crippen molar-refractivity contribution < 1.29 is 14.3 Å². The summed E-state index contributed by atoms with van der Waals surface area (Å²) in [6, 6.07) is 15.0. The predicted molar refractivity (Wildman–Crippen MR) is 105 cm³/mol. The molecule has 3 fully saturated rings. The molecule has 2 amide bonds. The first kappa shape index (κ1) is 17.4. The van der Waals surface area contributed by atoms with E-state index in [4.69, 9.17) is 4.74 Å². The Hall–Kier alpha value is -2.70. The summed E-state index contributed by atoms with van der Waals surface area (Å²) in [7, 11) is 1.58. The van der Waals surface area contributed by atoms with Crippen molar-refractivity contribution in [1.29, 1.82) is 0 Å². The Bertz CT molecular complexity index is 942. The fourth-order valence-electron chi connectivity index (χ4n) is 4.88. The van der Waals surface area contributed by atoms with Crippen LogP contribution < -0.4 is 9.64 Å². The van der Waals surface area contributed by atoms with Gasteiger partial charge in [0, 0.05) is 19.2 Å². The van der Waals surface area contributed by atoms with Crippen molar-refractivity contribution in [1.82, 2.24) is 10.0 Å². The Balaban J connectivity index is 1.57. The van der Waals surface area contributed by atoms with Gasteiger partial charge in [-0.3, -0.25) is 9.59 Å². The summed E-state index contributed by atoms with van der Waals surface area (Å²) in [5, 5.41) is 4.36. The van der Waals surface area contributed by atoms with Crippen LogP contribution in [0.2, 0.25) is 0 Å². The van der Waals surface area contributed by atoms with E-state index in [9.17, 15) is 9.59 Å². The Morgan fingerprint density at radius 2 is 1.64 bits per heavy atom. The molecule has 0 aliphatic carbocycles. The van der Waals surface area contributed by atoms with Gasteiger partial charge in [0.25, 0.3) is 5.91 Å². The molecule has 3 saturated heterocycles. The number of carbonyl (C=O) groups excluding carboxylic acids is 2. The molecule has 0 unspecified atom stereocenters. The van der Waals surface area contributed by atoms with Crippen molar-refractivity contribution in [2.45, 2.75) is 25.4 Å². The van der Waals surface area contributed by atoms with Gasteiger partial charge in [-0.2, -0.15) is 0 Å². The summed E-state index contributed by atoms with van der Waals surface area (Å²) >= 11 is 0. The first-order valence-electron chi connectivity index (χ1n) is 9.72. The Morgan fingerprint density at radius 3 is 2.36 bits per heavy atom. The molecule has 0 aromatic heterocycles. The van der Waals surface area contributed by atoms with Gasteiger partial charge in [0.2, 0.25) is 5.91 Å². The maximum atomic E-state index is 13.5. The van der Waals surface area contributed by atoms with E-state index >= 15 is 0 Å². The Kier molecular flexibility index (Phi) is 4.00. The first-order chi connectivity index (χ1) is 13.6. The third-order valence-corrected chi connectivity index (χ3v) is 6.14. The normalized spacial score (nSPS) is 27.4. The molecule has 3 heterocycles. The van der Waals surface area contributed by atoms with Crippen LogP contribution in [0.1, 0.15) is 23.6 Å². The van der Waals surface area contributed by atoms with Gasteiger partial charge in [-0.25, -0.2) is 14.9 Å². The molecule has 3 atom stereocenters. The van der Waals surface area contributed by atoms with Crippen LogP contribution >= 0.6 is 0 Å². The minimum atomic E-state index is -0.424. The minimum Gasteiger partial charge on any atom is -0.497 e. The summed E-state index contributed by atoms with van der Waals surface area (Å²) in [5.41, 5.74) is 2.86. The van der Waals surface area contributed by atoms with E-state index in [2.05, 4.69) is 41.2 Å². The fraction of sp³-hybridized carbons (Fsp3) is 0.364. The van der Waals surface area contributed by atoms with E-state index in [1.165, 1.54) is 10.5 Å². The summed E-state index contributed by atoms with van der Waals surface area (Å²) in [6.45, 7) is 3.75. The van der Waals surface area contributed by atoms with E-state index in [-0.39, 0.29) is 23.8 Å². The van der Waals surface area contributed by atoms with Crippen LogP contribution in [0, 0.1) is 12.8 Å². The largest absolute Gasteiger partial charge is 0.497 e. The van der Waals surface area contributed by atoms with Crippen molar-refractivity contribution in [3.63, 3.8) is 0 Å². The van der Waals surface area contributed by atoms with Crippen molar-refractivity contribution in [2.75, 3.05) is 25.1 Å². The summed E-state index contributed by atoms with van der Waals surface area (Å²) in [4.78, 5) is 28.2. The summed E-state index contributed by atoms with van der Waals surface area (Å²) < 4.78 is 5.28. The highest BCUT2D eigenvalue weighted by Crippen LogP contribution is 2.49. The fourth-order valence-corrected chi connectivity index (χ4v) is 4.88. The molecular formula is C22H23N3O3. The lowest BCUT2D eigenvalue weighted by Gasteiger charge is -2.29. The molecule has 0 spiro atoms. The first-order valence-corrected chi connectivity index (χ1v) is 9.72. The maximum absolute atomic E-state index is 13.5. The molecule has 0 saturated carbocycles. The van der Waals surface area contributed by atoms with Crippen molar-refractivity contribution in [3.05, 3.63) is 59.7 Å². The number of hydrogen-bond acceptors (Lipinski definition) is 5. The second kappa shape index (κ2) is 6.43. The lowest BCUT2D eigenvalue weighted by atomic mass is 9.89. The second-order valence-corrected chi connectivity index (χ2v) is 7.72. The van der Waals surface area contributed by atoms with Crippen LogP contribution in [0.3, 0.4) is 0 Å². The van der Waals surface area contributed by atoms with Gasteiger partial charge in [-0.05, 0) is 31.0 Å². The highest BCUT2D eigenvalue weighted by atomic mass is 16.5. The standard InChI is InChI=1S/C22H23N3O3/c1-14-7-9-15(10-8-14)19-18-20(24-12-4-11-23(19)24)22(27)25(21(18)26)16-5-3-6-17(13-16)28-2/h3,5-10,13,18-20H,4,11-12H2,1-2H3/t18-,19-,20+/m0/s1. The molecule has 144 valence electrons. The zero-order chi connectivity index (χ0) is 19.4. The second-order valence-electron chi connectivity index (χ2n) is 7.72. The third kappa shape index (κ3) is 2.41. The van der Waals surface area contributed by atoms with E-state index in [0.717, 1.165) is 25.1 Å². The molecule has 2 aromatic rings. The van der Waals surface area contributed by atoms with Gasteiger partial charge < -0.3 is 4.74 Å². The molecule has 3 aliphatic rings. The predicted octanol–water partition coefficient (Wildman–Crippen LogP) is 2.54. The van der Waals surface area contributed by atoms with Crippen molar-refractivity contribution in [3.8, 4) is 5.75 Å². The molecule has 2 aromatic carbocycles. The Labute approximate surface area is 164 Å². The monoisotopic (exact) mass is 377 g/mol. The zero-order valence-corrected chi connectivity index (χ0v) is 16.0. The molecule has 0 bridgehead atoms. The molecule has 28 heavy (non-hydrogen) atoms. The van der Waals surface area contributed by atoms with E-state index in [1.807, 2.05) is 12.1 Å². The third-order valence-electron chi connectivity index (χ3n) is 6.14. The Morgan fingerprint density at radius 1 is 0.929 bits per heavy atom. The number of amides is 2. The van der Waals surface area contributed by atoms with Gasteiger partial charge in [-0.15, -0.1) is 0 Å². The van der Waals surface area contributed by atoms with E-state index in [0.29, 0.717) is 11.4 Å². The highest BCUT2D eigenvalue weighted by Gasteiger charge is 2.62. The number of methoxy groups -OCH3 is 1. The minimum absolute atomic E-state index is 0.0971. The molecule has 5 rings (SSSR count). The van der Waals surface area contributed by atoms with Gasteiger partial charge in [0.1, 0.15) is 11.8 Å². The number of anilines is 1. The number of hydrazine groups is 1. The molecule has 6 heteroatoms. The molecule has 6 nitrogen and oxygen atoms in total. The van der Waals surface area contributed by atoms with Crippen LogP contribution in [0.5, 0.6) is 5.75 Å². The topological polar surface area (TPSA) is 53.1 Å². The van der Waals surface area contributed by atoms with Gasteiger partial charge in [0.15, 0.2) is 0 Å². The van der Waals surface area contributed by atoms with Crippen molar-refractivity contribution >= 4 is 17.5 Å².